The van der Waals surface area contributed by atoms with Crippen molar-refractivity contribution in [3.05, 3.63) is 34.9 Å². The zero-order chi connectivity index (χ0) is 19.9. The fourth-order valence-corrected chi connectivity index (χ4v) is 3.17. The third-order valence-electron chi connectivity index (χ3n) is 4.76. The molecule has 0 saturated heterocycles. The molecule has 0 radical (unpaired) electrons. The van der Waals surface area contributed by atoms with E-state index in [1.165, 1.54) is 17.0 Å². The molecule has 27 heavy (non-hydrogen) atoms. The van der Waals surface area contributed by atoms with Gasteiger partial charge in [0.05, 0.1) is 6.07 Å². The van der Waals surface area contributed by atoms with Gasteiger partial charge in [-0.05, 0) is 37.1 Å². The number of halogens is 1. The van der Waals surface area contributed by atoms with Gasteiger partial charge < -0.3 is 15.0 Å². The summed E-state index contributed by atoms with van der Waals surface area (Å²) in [4.78, 5) is 37.4. The fraction of sp³-hybridized carbons (Fsp3) is 0.474. The molecule has 1 aromatic carbocycles. The number of carbonyl (C=O) groups excluding carboxylic acids is 3. The molecule has 144 valence electrons. The number of likely N-dealkylation sites (N-methyl/N-ethyl adjacent to an activating group) is 1. The van der Waals surface area contributed by atoms with Crippen LogP contribution in [-0.4, -0.2) is 48.4 Å². The summed E-state index contributed by atoms with van der Waals surface area (Å²) in [7, 11) is 1.56. The summed E-state index contributed by atoms with van der Waals surface area (Å²) in [6.45, 7) is -0.822. The maximum atomic E-state index is 12.3. The molecule has 0 heterocycles. The molecule has 1 saturated carbocycles. The second kappa shape index (κ2) is 9.38. The first-order chi connectivity index (χ1) is 12.9. The lowest BCUT2D eigenvalue weighted by molar-refractivity contribution is -0.152. The average Bonchev–Trinajstić information content (AvgIpc) is 2.70. The molecular formula is C19H22ClN3O4. The Balaban J connectivity index is 1.79. The van der Waals surface area contributed by atoms with Gasteiger partial charge in [0.25, 0.3) is 11.8 Å². The average molecular weight is 392 g/mol. The van der Waals surface area contributed by atoms with Gasteiger partial charge in [-0.1, -0.05) is 30.9 Å². The maximum Gasteiger partial charge on any atom is 0.325 e. The first-order valence-corrected chi connectivity index (χ1v) is 9.13. The molecular weight excluding hydrogens is 370 g/mol. The number of carbonyl (C=O) groups is 3. The van der Waals surface area contributed by atoms with Crippen molar-refractivity contribution in [2.24, 2.45) is 0 Å². The first kappa shape index (κ1) is 20.7. The molecule has 0 unspecified atom stereocenters. The van der Waals surface area contributed by atoms with Crippen molar-refractivity contribution >= 4 is 29.4 Å². The molecule has 0 atom stereocenters. The minimum Gasteiger partial charge on any atom is -0.454 e. The Morgan fingerprint density at radius 2 is 1.85 bits per heavy atom. The van der Waals surface area contributed by atoms with E-state index in [2.05, 4.69) is 11.4 Å². The molecule has 1 aliphatic rings. The maximum absolute atomic E-state index is 12.3. The molecule has 0 spiro atoms. The van der Waals surface area contributed by atoms with Crippen LogP contribution in [0.2, 0.25) is 5.02 Å². The van der Waals surface area contributed by atoms with E-state index in [0.717, 1.165) is 19.3 Å². The van der Waals surface area contributed by atoms with Crippen molar-refractivity contribution in [2.45, 2.75) is 37.6 Å². The zero-order valence-corrected chi connectivity index (χ0v) is 15.9. The summed E-state index contributed by atoms with van der Waals surface area (Å²) >= 11 is 5.75. The largest absolute Gasteiger partial charge is 0.454 e. The molecule has 0 aromatic heterocycles. The Morgan fingerprint density at radius 1 is 1.22 bits per heavy atom. The van der Waals surface area contributed by atoms with Crippen LogP contribution in [0.1, 0.15) is 42.5 Å². The summed E-state index contributed by atoms with van der Waals surface area (Å²) in [5, 5.41) is 12.4. The summed E-state index contributed by atoms with van der Waals surface area (Å²) in [6, 6.07) is 8.45. The van der Waals surface area contributed by atoms with Crippen LogP contribution in [0.5, 0.6) is 0 Å². The van der Waals surface area contributed by atoms with Crippen LogP contribution < -0.4 is 5.32 Å². The Bertz CT molecular complexity index is 736. The SMILES string of the molecule is CN(C(=O)COC(=O)CNC(=O)c1ccc(Cl)cc1)C1(C#N)CCCCC1. The van der Waals surface area contributed by atoms with Gasteiger partial charge in [0, 0.05) is 17.6 Å². The van der Waals surface area contributed by atoms with Gasteiger partial charge in [0.1, 0.15) is 12.1 Å². The monoisotopic (exact) mass is 391 g/mol. The van der Waals surface area contributed by atoms with Crippen LogP contribution >= 0.6 is 11.6 Å². The number of ether oxygens (including phenoxy) is 1. The van der Waals surface area contributed by atoms with Crippen LogP contribution in [0, 0.1) is 11.3 Å². The van der Waals surface area contributed by atoms with Crippen LogP contribution in [0.15, 0.2) is 24.3 Å². The molecule has 1 aromatic rings. The number of hydrogen-bond acceptors (Lipinski definition) is 5. The zero-order valence-electron chi connectivity index (χ0n) is 15.2. The molecule has 1 fully saturated rings. The molecule has 8 heteroatoms. The van der Waals surface area contributed by atoms with Crippen LogP contribution in [0.25, 0.3) is 0 Å². The second-order valence-corrected chi connectivity index (χ2v) is 6.94. The van der Waals surface area contributed by atoms with Crippen LogP contribution in [0.4, 0.5) is 0 Å². The second-order valence-electron chi connectivity index (χ2n) is 6.51. The Morgan fingerprint density at radius 3 is 2.44 bits per heavy atom. The quantitative estimate of drug-likeness (QED) is 0.750. The van der Waals surface area contributed by atoms with E-state index in [1.54, 1.807) is 19.2 Å². The third kappa shape index (κ3) is 5.44. The van der Waals surface area contributed by atoms with E-state index in [1.807, 2.05) is 0 Å². The molecule has 0 aliphatic heterocycles. The van der Waals surface area contributed by atoms with E-state index >= 15 is 0 Å². The van der Waals surface area contributed by atoms with Gasteiger partial charge in [0.15, 0.2) is 6.61 Å². The molecule has 7 nitrogen and oxygen atoms in total. The number of nitriles is 1. The number of amides is 2. The summed E-state index contributed by atoms with van der Waals surface area (Å²) in [5.41, 5.74) is -0.471. The first-order valence-electron chi connectivity index (χ1n) is 8.75. The van der Waals surface area contributed by atoms with Crippen molar-refractivity contribution in [1.29, 1.82) is 5.26 Å². The standard InChI is InChI=1S/C19H22ClN3O4/c1-23(19(13-21)9-3-2-4-10-19)16(24)12-27-17(25)11-22-18(26)14-5-7-15(20)8-6-14/h5-8H,2-4,9-12H2,1H3,(H,22,26). The van der Waals surface area contributed by atoms with Gasteiger partial charge in [-0.2, -0.15) is 5.26 Å². The minimum absolute atomic E-state index is 0.358. The molecule has 1 aliphatic carbocycles. The lowest BCUT2D eigenvalue weighted by Gasteiger charge is -2.38. The minimum atomic E-state index is -0.829. The predicted molar refractivity (Wildman–Crippen MR) is 98.9 cm³/mol. The van der Waals surface area contributed by atoms with Crippen molar-refractivity contribution in [2.75, 3.05) is 20.2 Å². The van der Waals surface area contributed by atoms with E-state index < -0.39 is 29.9 Å². The topological polar surface area (TPSA) is 99.5 Å². The van der Waals surface area contributed by atoms with Crippen LogP contribution in [0.3, 0.4) is 0 Å². The number of esters is 1. The Hall–Kier alpha value is -2.59. The normalized spacial score (nSPS) is 15.3. The van der Waals surface area contributed by atoms with E-state index in [9.17, 15) is 19.6 Å². The highest BCUT2D eigenvalue weighted by molar-refractivity contribution is 6.30. The highest BCUT2D eigenvalue weighted by Crippen LogP contribution is 2.32. The molecule has 2 rings (SSSR count). The van der Waals surface area contributed by atoms with Crippen molar-refractivity contribution in [3.8, 4) is 6.07 Å². The van der Waals surface area contributed by atoms with Gasteiger partial charge in [0.2, 0.25) is 0 Å². The molecule has 1 N–H and O–H groups in total. The van der Waals surface area contributed by atoms with Crippen molar-refractivity contribution in [1.82, 2.24) is 10.2 Å². The summed E-state index contributed by atoms with van der Waals surface area (Å²) in [6.07, 6.45) is 4.07. The Labute approximate surface area is 163 Å². The van der Waals surface area contributed by atoms with Gasteiger partial charge in [-0.15, -0.1) is 0 Å². The lowest BCUT2D eigenvalue weighted by atomic mass is 9.81. The third-order valence-corrected chi connectivity index (χ3v) is 5.01. The smallest absolute Gasteiger partial charge is 0.325 e. The molecule has 2 amide bonds. The summed E-state index contributed by atoms with van der Waals surface area (Å²) in [5.74, 6) is -1.61. The Kier molecular flexibility index (Phi) is 7.19. The fourth-order valence-electron chi connectivity index (χ4n) is 3.04. The number of nitrogens with zero attached hydrogens (tertiary/aromatic N) is 2. The lowest BCUT2D eigenvalue weighted by Crippen LogP contribution is -2.51. The number of rotatable bonds is 6. The number of nitrogens with one attached hydrogen (secondary N) is 1. The number of hydrogen-bond donors (Lipinski definition) is 1. The van der Waals surface area contributed by atoms with Crippen molar-refractivity contribution in [3.63, 3.8) is 0 Å². The van der Waals surface area contributed by atoms with E-state index in [-0.39, 0.29) is 6.54 Å². The highest BCUT2D eigenvalue weighted by Gasteiger charge is 2.38. The predicted octanol–water partition coefficient (Wildman–Crippen LogP) is 2.30. The van der Waals surface area contributed by atoms with E-state index in [0.29, 0.717) is 23.4 Å². The highest BCUT2D eigenvalue weighted by atomic mass is 35.5. The van der Waals surface area contributed by atoms with Gasteiger partial charge in [-0.25, -0.2) is 0 Å². The molecule has 0 bridgehead atoms. The summed E-state index contributed by atoms with van der Waals surface area (Å²) < 4.78 is 4.94. The van der Waals surface area contributed by atoms with Crippen molar-refractivity contribution < 1.29 is 19.1 Å². The number of benzene rings is 1. The van der Waals surface area contributed by atoms with E-state index in [4.69, 9.17) is 16.3 Å². The van der Waals surface area contributed by atoms with Gasteiger partial charge >= 0.3 is 5.97 Å². The van der Waals surface area contributed by atoms with Gasteiger partial charge in [-0.3, -0.25) is 14.4 Å². The van der Waals surface area contributed by atoms with Crippen LogP contribution in [-0.2, 0) is 14.3 Å².